The van der Waals surface area contributed by atoms with E-state index < -0.39 is 12.0 Å². The SMILES string of the molecule is CCCCCNC(=O)N1CCC(C)C1C(=O)O. The molecule has 2 N–H and O–H groups in total. The summed E-state index contributed by atoms with van der Waals surface area (Å²) in [5.41, 5.74) is 0. The van der Waals surface area contributed by atoms with Crippen LogP contribution in [0.1, 0.15) is 39.5 Å². The fraction of sp³-hybridized carbons (Fsp3) is 0.833. The second-order valence-corrected chi connectivity index (χ2v) is 4.68. The summed E-state index contributed by atoms with van der Waals surface area (Å²) >= 11 is 0. The zero-order valence-electron chi connectivity index (χ0n) is 10.6. The Morgan fingerprint density at radius 1 is 1.41 bits per heavy atom. The fourth-order valence-corrected chi connectivity index (χ4v) is 2.22. The van der Waals surface area contributed by atoms with E-state index in [1.54, 1.807) is 0 Å². The summed E-state index contributed by atoms with van der Waals surface area (Å²) in [6.45, 7) is 5.15. The molecule has 0 saturated carbocycles. The number of nitrogens with one attached hydrogen (secondary N) is 1. The van der Waals surface area contributed by atoms with Crippen molar-refractivity contribution >= 4 is 12.0 Å². The molecule has 1 saturated heterocycles. The molecule has 2 unspecified atom stereocenters. The molecule has 0 radical (unpaired) electrons. The van der Waals surface area contributed by atoms with Gasteiger partial charge in [0, 0.05) is 13.1 Å². The van der Waals surface area contributed by atoms with Gasteiger partial charge in [-0.05, 0) is 18.8 Å². The lowest BCUT2D eigenvalue weighted by atomic mass is 10.0. The molecule has 1 heterocycles. The molecule has 0 aromatic heterocycles. The van der Waals surface area contributed by atoms with Gasteiger partial charge in [0.15, 0.2) is 0 Å². The second-order valence-electron chi connectivity index (χ2n) is 4.68. The summed E-state index contributed by atoms with van der Waals surface area (Å²) in [6.07, 6.45) is 3.90. The number of likely N-dealkylation sites (tertiary alicyclic amines) is 1. The van der Waals surface area contributed by atoms with Crippen molar-refractivity contribution in [3.8, 4) is 0 Å². The number of hydrogen-bond donors (Lipinski definition) is 2. The maximum atomic E-state index is 11.8. The minimum absolute atomic E-state index is 0.0360. The highest BCUT2D eigenvalue weighted by Gasteiger charge is 2.39. The van der Waals surface area contributed by atoms with Gasteiger partial charge in [0.2, 0.25) is 0 Å². The van der Waals surface area contributed by atoms with Crippen molar-refractivity contribution in [3.63, 3.8) is 0 Å². The van der Waals surface area contributed by atoms with Gasteiger partial charge in [-0.15, -0.1) is 0 Å². The maximum absolute atomic E-state index is 11.8. The van der Waals surface area contributed by atoms with Crippen LogP contribution in [0.25, 0.3) is 0 Å². The summed E-state index contributed by atoms with van der Waals surface area (Å²) in [7, 11) is 0. The van der Waals surface area contributed by atoms with E-state index in [0.717, 1.165) is 25.7 Å². The van der Waals surface area contributed by atoms with Crippen LogP contribution in [0.15, 0.2) is 0 Å². The lowest BCUT2D eigenvalue weighted by Gasteiger charge is -2.23. The number of urea groups is 1. The number of amides is 2. The van der Waals surface area contributed by atoms with Gasteiger partial charge in [-0.2, -0.15) is 0 Å². The maximum Gasteiger partial charge on any atom is 0.326 e. The minimum Gasteiger partial charge on any atom is -0.480 e. The van der Waals surface area contributed by atoms with E-state index >= 15 is 0 Å². The first-order valence-electron chi connectivity index (χ1n) is 6.35. The van der Waals surface area contributed by atoms with Crippen LogP contribution in [0.4, 0.5) is 4.79 Å². The average Bonchev–Trinajstić information content (AvgIpc) is 2.66. The Bertz CT molecular complexity index is 281. The van der Waals surface area contributed by atoms with E-state index in [-0.39, 0.29) is 11.9 Å². The molecule has 0 aromatic rings. The number of unbranched alkanes of at least 4 members (excludes halogenated alkanes) is 2. The summed E-state index contributed by atoms with van der Waals surface area (Å²) < 4.78 is 0. The average molecular weight is 242 g/mol. The number of rotatable bonds is 5. The Kier molecular flexibility index (Phi) is 5.25. The molecule has 2 amide bonds. The lowest BCUT2D eigenvalue weighted by Crippen LogP contribution is -2.47. The Labute approximate surface area is 102 Å². The predicted octanol–water partition coefficient (Wildman–Crippen LogP) is 1.68. The quantitative estimate of drug-likeness (QED) is 0.721. The van der Waals surface area contributed by atoms with Crippen LogP contribution >= 0.6 is 0 Å². The Morgan fingerprint density at radius 2 is 2.12 bits per heavy atom. The molecule has 17 heavy (non-hydrogen) atoms. The van der Waals surface area contributed by atoms with E-state index in [9.17, 15) is 9.59 Å². The van der Waals surface area contributed by atoms with Crippen molar-refractivity contribution < 1.29 is 14.7 Å². The number of carbonyl (C=O) groups is 2. The lowest BCUT2D eigenvalue weighted by molar-refractivity contribution is -0.142. The molecule has 0 bridgehead atoms. The minimum atomic E-state index is -0.904. The van der Waals surface area contributed by atoms with Crippen molar-refractivity contribution in [2.75, 3.05) is 13.1 Å². The molecule has 1 fully saturated rings. The molecule has 1 rings (SSSR count). The van der Waals surface area contributed by atoms with Crippen LogP contribution in [0.5, 0.6) is 0 Å². The van der Waals surface area contributed by atoms with Crippen molar-refractivity contribution in [3.05, 3.63) is 0 Å². The standard InChI is InChI=1S/C12H22N2O3/c1-3-4-5-7-13-12(17)14-8-6-9(2)10(14)11(15)16/h9-10H,3-8H2,1-2H3,(H,13,17)(H,15,16). The highest BCUT2D eigenvalue weighted by Crippen LogP contribution is 2.23. The van der Waals surface area contributed by atoms with E-state index in [4.69, 9.17) is 5.11 Å². The molecule has 0 spiro atoms. The Hall–Kier alpha value is -1.26. The normalized spacial score (nSPS) is 23.8. The third-order valence-electron chi connectivity index (χ3n) is 3.27. The molecule has 98 valence electrons. The zero-order valence-corrected chi connectivity index (χ0v) is 10.6. The second kappa shape index (κ2) is 6.47. The highest BCUT2D eigenvalue weighted by molar-refractivity contribution is 5.83. The summed E-state index contributed by atoms with van der Waals surface area (Å²) in [4.78, 5) is 24.3. The molecule has 0 aromatic carbocycles. The number of carboxylic acid groups (broad SMARTS) is 1. The fourth-order valence-electron chi connectivity index (χ4n) is 2.22. The van der Waals surface area contributed by atoms with Crippen LogP contribution in [0, 0.1) is 5.92 Å². The van der Waals surface area contributed by atoms with Gasteiger partial charge in [0.25, 0.3) is 0 Å². The van der Waals surface area contributed by atoms with Crippen LogP contribution in [0.2, 0.25) is 0 Å². The van der Waals surface area contributed by atoms with E-state index in [1.807, 2.05) is 6.92 Å². The van der Waals surface area contributed by atoms with Crippen LogP contribution in [-0.4, -0.2) is 41.1 Å². The number of carbonyl (C=O) groups excluding carboxylic acids is 1. The highest BCUT2D eigenvalue weighted by atomic mass is 16.4. The number of aliphatic carboxylic acids is 1. The molecule has 2 atom stereocenters. The molecule has 1 aliphatic heterocycles. The van der Waals surface area contributed by atoms with Crippen molar-refractivity contribution in [1.82, 2.24) is 10.2 Å². The van der Waals surface area contributed by atoms with Gasteiger partial charge in [0.1, 0.15) is 6.04 Å². The Morgan fingerprint density at radius 3 is 2.71 bits per heavy atom. The smallest absolute Gasteiger partial charge is 0.326 e. The van der Waals surface area contributed by atoms with Gasteiger partial charge < -0.3 is 15.3 Å². The molecular weight excluding hydrogens is 220 g/mol. The van der Waals surface area contributed by atoms with E-state index in [1.165, 1.54) is 4.90 Å². The molecular formula is C12H22N2O3. The largest absolute Gasteiger partial charge is 0.480 e. The summed E-state index contributed by atoms with van der Waals surface area (Å²) in [5.74, 6) is -0.868. The van der Waals surface area contributed by atoms with Gasteiger partial charge in [-0.1, -0.05) is 26.7 Å². The van der Waals surface area contributed by atoms with Gasteiger partial charge in [-0.25, -0.2) is 9.59 Å². The third-order valence-corrected chi connectivity index (χ3v) is 3.27. The number of nitrogens with zero attached hydrogens (tertiary/aromatic N) is 1. The zero-order chi connectivity index (χ0) is 12.8. The molecule has 0 aliphatic carbocycles. The van der Waals surface area contributed by atoms with E-state index in [2.05, 4.69) is 12.2 Å². The predicted molar refractivity (Wildman–Crippen MR) is 64.8 cm³/mol. The first kappa shape index (κ1) is 13.8. The van der Waals surface area contributed by atoms with Crippen LogP contribution < -0.4 is 5.32 Å². The van der Waals surface area contributed by atoms with Crippen LogP contribution in [0.3, 0.4) is 0 Å². The summed E-state index contributed by atoms with van der Waals surface area (Å²) in [5, 5.41) is 11.9. The van der Waals surface area contributed by atoms with E-state index in [0.29, 0.717) is 13.1 Å². The number of carboxylic acids is 1. The van der Waals surface area contributed by atoms with Gasteiger partial charge >= 0.3 is 12.0 Å². The molecule has 5 heteroatoms. The first-order valence-corrected chi connectivity index (χ1v) is 6.35. The first-order chi connectivity index (χ1) is 8.07. The Balaban J connectivity index is 2.42. The summed E-state index contributed by atoms with van der Waals surface area (Å²) in [6, 6.07) is -0.904. The van der Waals surface area contributed by atoms with Gasteiger partial charge in [0.05, 0.1) is 0 Å². The van der Waals surface area contributed by atoms with Gasteiger partial charge in [-0.3, -0.25) is 0 Å². The topological polar surface area (TPSA) is 69.6 Å². The number of hydrogen-bond acceptors (Lipinski definition) is 2. The monoisotopic (exact) mass is 242 g/mol. The van der Waals surface area contributed by atoms with Crippen LogP contribution in [-0.2, 0) is 4.79 Å². The molecule has 5 nitrogen and oxygen atoms in total. The van der Waals surface area contributed by atoms with Crippen molar-refractivity contribution in [2.24, 2.45) is 5.92 Å². The third kappa shape index (κ3) is 3.61. The van der Waals surface area contributed by atoms with Crippen molar-refractivity contribution in [1.29, 1.82) is 0 Å². The molecule has 1 aliphatic rings. The van der Waals surface area contributed by atoms with Crippen molar-refractivity contribution in [2.45, 2.75) is 45.6 Å².